The Bertz CT molecular complexity index is 659. The van der Waals surface area contributed by atoms with Crippen molar-refractivity contribution in [2.45, 2.75) is 50.9 Å². The molecular weight excluding hydrogens is 322 g/mol. The number of hydrogen-bond donors (Lipinski definition) is 0. The predicted molar refractivity (Wildman–Crippen MR) is 89.5 cm³/mol. The molecule has 0 unspecified atom stereocenters. The zero-order valence-electron chi connectivity index (χ0n) is 14.5. The molecule has 0 aromatic heterocycles. The number of carbonyl (C=O) groups is 3. The molecule has 4 atom stereocenters. The van der Waals surface area contributed by atoms with Gasteiger partial charge in [0, 0.05) is 19.0 Å². The van der Waals surface area contributed by atoms with Crippen molar-refractivity contribution in [3.05, 3.63) is 35.9 Å². The maximum absolute atomic E-state index is 12.6. The van der Waals surface area contributed by atoms with Gasteiger partial charge in [-0.25, -0.2) is 4.79 Å². The highest BCUT2D eigenvalue weighted by atomic mass is 16.6. The molecule has 2 aliphatic rings. The number of piperidine rings is 1. The predicted octanol–water partition coefficient (Wildman–Crippen LogP) is 1.71. The second-order valence-electron chi connectivity index (χ2n) is 6.69. The summed E-state index contributed by atoms with van der Waals surface area (Å²) in [5, 5.41) is 0. The van der Waals surface area contributed by atoms with Gasteiger partial charge >= 0.3 is 11.9 Å². The highest BCUT2D eigenvalue weighted by Gasteiger charge is 2.51. The van der Waals surface area contributed by atoms with Crippen LogP contribution in [0.2, 0.25) is 0 Å². The Labute approximate surface area is 147 Å². The molecule has 2 saturated heterocycles. The molecule has 2 heterocycles. The number of nitrogens with zero attached hydrogens (tertiary/aromatic N) is 1. The van der Waals surface area contributed by atoms with Gasteiger partial charge in [-0.1, -0.05) is 30.3 Å². The highest BCUT2D eigenvalue weighted by molar-refractivity contribution is 5.88. The van der Waals surface area contributed by atoms with Crippen molar-refractivity contribution >= 4 is 17.7 Å². The van der Waals surface area contributed by atoms with Crippen molar-refractivity contribution in [3.63, 3.8) is 0 Å². The number of methoxy groups -OCH3 is 1. The van der Waals surface area contributed by atoms with Crippen LogP contribution in [0.5, 0.6) is 0 Å². The Kier molecular flexibility index (Phi) is 5.18. The summed E-state index contributed by atoms with van der Waals surface area (Å²) in [4.78, 5) is 38.5. The summed E-state index contributed by atoms with van der Waals surface area (Å²) in [6.07, 6.45) is 0.672. The smallest absolute Gasteiger partial charge is 0.346 e. The van der Waals surface area contributed by atoms with Gasteiger partial charge in [-0.15, -0.1) is 0 Å². The minimum absolute atomic E-state index is 0.0275. The quantitative estimate of drug-likeness (QED) is 0.757. The molecule has 2 fully saturated rings. The number of esters is 2. The number of ketones is 1. The van der Waals surface area contributed by atoms with Gasteiger partial charge in [0.25, 0.3) is 0 Å². The second kappa shape index (κ2) is 7.35. The molecule has 0 spiro atoms. The molecule has 1 aromatic rings. The van der Waals surface area contributed by atoms with Crippen LogP contribution in [0.3, 0.4) is 0 Å². The lowest BCUT2D eigenvalue weighted by Crippen LogP contribution is -2.46. The molecule has 0 aliphatic carbocycles. The molecule has 6 heteroatoms. The third-order valence-corrected chi connectivity index (χ3v) is 5.16. The van der Waals surface area contributed by atoms with E-state index in [-0.39, 0.29) is 23.8 Å². The van der Waals surface area contributed by atoms with Crippen molar-refractivity contribution in [1.82, 2.24) is 4.90 Å². The van der Waals surface area contributed by atoms with Crippen LogP contribution in [0.1, 0.15) is 31.7 Å². The number of ether oxygens (including phenoxy) is 2. The molecule has 3 rings (SSSR count). The summed E-state index contributed by atoms with van der Waals surface area (Å²) in [5.74, 6) is -1.19. The van der Waals surface area contributed by atoms with Crippen LogP contribution in [0.4, 0.5) is 0 Å². The van der Waals surface area contributed by atoms with Gasteiger partial charge in [-0.05, 0) is 25.3 Å². The fourth-order valence-corrected chi connectivity index (χ4v) is 3.89. The van der Waals surface area contributed by atoms with E-state index in [4.69, 9.17) is 4.74 Å². The van der Waals surface area contributed by atoms with E-state index in [1.54, 1.807) is 0 Å². The molecule has 25 heavy (non-hydrogen) atoms. The lowest BCUT2D eigenvalue weighted by atomic mass is 9.97. The fraction of sp³-hybridized carbons (Fsp3) is 0.526. The fourth-order valence-electron chi connectivity index (χ4n) is 3.89. The Morgan fingerprint density at radius 2 is 2.00 bits per heavy atom. The lowest BCUT2D eigenvalue weighted by molar-refractivity contribution is -0.168. The first kappa shape index (κ1) is 17.6. The van der Waals surface area contributed by atoms with Gasteiger partial charge in [-0.3, -0.25) is 14.5 Å². The Hall–Kier alpha value is -2.21. The van der Waals surface area contributed by atoms with Crippen LogP contribution in [-0.4, -0.2) is 47.9 Å². The SMILES string of the molecule is COC(=O)[C@H](C)OC(=O)[C@H]1C[C@@H]2C(=O)CC[C@H]1N2Cc1ccccc1. The first-order chi connectivity index (χ1) is 12.0. The Morgan fingerprint density at radius 1 is 1.28 bits per heavy atom. The molecule has 0 N–H and O–H groups in total. The molecule has 0 saturated carbocycles. The number of hydrogen-bond acceptors (Lipinski definition) is 6. The van der Waals surface area contributed by atoms with E-state index in [1.807, 2.05) is 30.3 Å². The maximum Gasteiger partial charge on any atom is 0.346 e. The van der Waals surface area contributed by atoms with E-state index in [2.05, 4.69) is 9.64 Å². The zero-order chi connectivity index (χ0) is 18.0. The van der Waals surface area contributed by atoms with Crippen molar-refractivity contribution in [2.24, 2.45) is 5.92 Å². The minimum Gasteiger partial charge on any atom is -0.466 e. The van der Waals surface area contributed by atoms with Crippen molar-refractivity contribution in [2.75, 3.05) is 7.11 Å². The first-order valence-electron chi connectivity index (χ1n) is 8.62. The van der Waals surface area contributed by atoms with Crippen LogP contribution in [0.15, 0.2) is 30.3 Å². The van der Waals surface area contributed by atoms with Crippen LogP contribution in [-0.2, 0) is 30.4 Å². The molecular formula is C19H23NO5. The van der Waals surface area contributed by atoms with E-state index < -0.39 is 18.0 Å². The topological polar surface area (TPSA) is 72.9 Å². The average molecular weight is 345 g/mol. The molecule has 1 aromatic carbocycles. The van der Waals surface area contributed by atoms with Crippen LogP contribution in [0.25, 0.3) is 0 Å². The van der Waals surface area contributed by atoms with Gasteiger partial charge < -0.3 is 9.47 Å². The lowest BCUT2D eigenvalue weighted by Gasteiger charge is -2.34. The van der Waals surface area contributed by atoms with Crippen molar-refractivity contribution < 1.29 is 23.9 Å². The van der Waals surface area contributed by atoms with Gasteiger partial charge in [0.15, 0.2) is 6.10 Å². The number of carbonyl (C=O) groups excluding carboxylic acids is 3. The van der Waals surface area contributed by atoms with Crippen LogP contribution in [0, 0.1) is 5.92 Å². The van der Waals surface area contributed by atoms with E-state index in [1.165, 1.54) is 14.0 Å². The second-order valence-corrected chi connectivity index (χ2v) is 6.69. The molecule has 0 radical (unpaired) electrons. The largest absolute Gasteiger partial charge is 0.466 e. The number of rotatable bonds is 5. The highest BCUT2D eigenvalue weighted by Crippen LogP contribution is 2.39. The van der Waals surface area contributed by atoms with E-state index in [0.717, 1.165) is 5.56 Å². The molecule has 134 valence electrons. The average Bonchev–Trinajstić information content (AvgIpc) is 2.88. The Morgan fingerprint density at radius 3 is 2.68 bits per heavy atom. The van der Waals surface area contributed by atoms with Gasteiger partial charge in [-0.2, -0.15) is 0 Å². The summed E-state index contributed by atoms with van der Waals surface area (Å²) in [7, 11) is 1.26. The number of Topliss-reactive ketones (excluding diaryl/α,β-unsaturated/α-hetero) is 1. The van der Waals surface area contributed by atoms with E-state index >= 15 is 0 Å². The third kappa shape index (κ3) is 3.58. The van der Waals surface area contributed by atoms with Crippen molar-refractivity contribution in [3.8, 4) is 0 Å². The van der Waals surface area contributed by atoms with E-state index in [9.17, 15) is 14.4 Å². The normalized spacial score (nSPS) is 27.0. The summed E-state index contributed by atoms with van der Waals surface area (Å²) in [6.45, 7) is 2.13. The van der Waals surface area contributed by atoms with E-state index in [0.29, 0.717) is 25.8 Å². The van der Waals surface area contributed by atoms with Gasteiger partial charge in [0.05, 0.1) is 19.1 Å². The van der Waals surface area contributed by atoms with Gasteiger partial charge in [0.1, 0.15) is 5.78 Å². The van der Waals surface area contributed by atoms with Crippen molar-refractivity contribution in [1.29, 1.82) is 0 Å². The summed E-state index contributed by atoms with van der Waals surface area (Å²) >= 11 is 0. The molecule has 6 nitrogen and oxygen atoms in total. The number of benzene rings is 1. The standard InChI is InChI=1S/C19H23NO5/c1-12(18(22)24-2)25-19(23)14-10-16-17(21)9-8-15(14)20(16)11-13-6-4-3-5-7-13/h3-7,12,14-16H,8-11H2,1-2H3/t12-,14-,15+,16+/m0/s1. The summed E-state index contributed by atoms with van der Waals surface area (Å²) < 4.78 is 9.88. The zero-order valence-corrected chi connectivity index (χ0v) is 14.5. The summed E-state index contributed by atoms with van der Waals surface area (Å²) in [5.41, 5.74) is 1.11. The monoisotopic (exact) mass is 345 g/mol. The minimum atomic E-state index is -0.934. The maximum atomic E-state index is 12.6. The molecule has 0 amide bonds. The molecule has 2 bridgehead atoms. The van der Waals surface area contributed by atoms with Crippen LogP contribution >= 0.6 is 0 Å². The number of fused-ring (bicyclic) bond motifs is 2. The Balaban J connectivity index is 1.73. The summed E-state index contributed by atoms with van der Waals surface area (Å²) in [6, 6.07) is 9.65. The first-order valence-corrected chi connectivity index (χ1v) is 8.62. The van der Waals surface area contributed by atoms with Gasteiger partial charge in [0.2, 0.25) is 0 Å². The molecule has 2 aliphatic heterocycles. The third-order valence-electron chi connectivity index (χ3n) is 5.16. The van der Waals surface area contributed by atoms with Crippen LogP contribution < -0.4 is 0 Å².